The summed E-state index contributed by atoms with van der Waals surface area (Å²) >= 11 is 0. The van der Waals surface area contributed by atoms with E-state index < -0.39 is 11.4 Å². The Labute approximate surface area is 230 Å². The molecule has 0 radical (unpaired) electrons. The zero-order valence-electron chi connectivity index (χ0n) is 22.1. The Kier molecular flexibility index (Phi) is 6.78. The zero-order valence-corrected chi connectivity index (χ0v) is 22.1. The van der Waals surface area contributed by atoms with Crippen molar-refractivity contribution in [2.45, 2.75) is 31.6 Å². The van der Waals surface area contributed by atoms with E-state index in [1.165, 1.54) is 25.3 Å². The van der Waals surface area contributed by atoms with Crippen LogP contribution in [0.15, 0.2) is 42.6 Å². The highest BCUT2D eigenvalue weighted by atomic mass is 19.1. The summed E-state index contributed by atoms with van der Waals surface area (Å²) in [5.74, 6) is -0.367. The van der Waals surface area contributed by atoms with Crippen molar-refractivity contribution in [2.24, 2.45) is 5.92 Å². The Balaban J connectivity index is 1.35. The molecule has 0 unspecified atom stereocenters. The first-order valence-corrected chi connectivity index (χ1v) is 13.3. The van der Waals surface area contributed by atoms with E-state index in [4.69, 9.17) is 14.2 Å². The lowest BCUT2D eigenvalue weighted by molar-refractivity contribution is -0.101. The van der Waals surface area contributed by atoms with Crippen LogP contribution in [0.2, 0.25) is 0 Å². The van der Waals surface area contributed by atoms with Gasteiger partial charge in [0, 0.05) is 37.7 Å². The number of piperidine rings is 2. The van der Waals surface area contributed by atoms with Crippen LogP contribution in [0.4, 0.5) is 4.39 Å². The van der Waals surface area contributed by atoms with Crippen LogP contribution >= 0.6 is 0 Å². The first-order valence-electron chi connectivity index (χ1n) is 13.3. The third kappa shape index (κ3) is 4.94. The summed E-state index contributed by atoms with van der Waals surface area (Å²) in [5, 5.41) is 19.6. The van der Waals surface area contributed by atoms with Crippen LogP contribution in [0.3, 0.4) is 0 Å². The molecule has 2 amide bonds. The van der Waals surface area contributed by atoms with Gasteiger partial charge in [-0.3, -0.25) is 9.59 Å². The van der Waals surface area contributed by atoms with E-state index in [-0.39, 0.29) is 55.3 Å². The second-order valence-electron chi connectivity index (χ2n) is 10.4. The minimum absolute atomic E-state index is 0.0973. The van der Waals surface area contributed by atoms with Crippen molar-refractivity contribution in [1.82, 2.24) is 24.8 Å². The van der Waals surface area contributed by atoms with Gasteiger partial charge in [-0.05, 0) is 49.2 Å². The SMILES string of the molecule is COc1ccc2cc1OCc1cn(nn1)CCOc1ccc(F)cc1C(=O)N1CC[C@]3(O)CCN(C[C@@H]3C1)C2=O. The molecule has 1 aromatic heterocycles. The molecule has 2 aromatic carbocycles. The van der Waals surface area contributed by atoms with Gasteiger partial charge in [0.1, 0.15) is 30.5 Å². The minimum Gasteiger partial charge on any atom is -0.493 e. The molecule has 2 fully saturated rings. The maximum absolute atomic E-state index is 14.2. The molecule has 3 aliphatic heterocycles. The van der Waals surface area contributed by atoms with Crippen LogP contribution < -0.4 is 14.2 Å². The number of aliphatic hydroxyl groups is 1. The summed E-state index contributed by atoms with van der Waals surface area (Å²) in [6, 6.07) is 8.86. The van der Waals surface area contributed by atoms with Gasteiger partial charge in [0.05, 0.1) is 31.0 Å². The summed E-state index contributed by atoms with van der Waals surface area (Å²) in [6.07, 6.45) is 2.48. The molecule has 7 bridgehead atoms. The van der Waals surface area contributed by atoms with Crippen LogP contribution in [-0.4, -0.2) is 87.2 Å². The molecular formula is C28H30FN5O6. The van der Waals surface area contributed by atoms with Gasteiger partial charge in [-0.1, -0.05) is 5.21 Å². The van der Waals surface area contributed by atoms with Gasteiger partial charge in [0.15, 0.2) is 11.5 Å². The Hall–Kier alpha value is -4.19. The van der Waals surface area contributed by atoms with Crippen molar-refractivity contribution in [3.05, 3.63) is 65.2 Å². The van der Waals surface area contributed by atoms with Crippen LogP contribution in [0.1, 0.15) is 39.3 Å². The van der Waals surface area contributed by atoms with Crippen molar-refractivity contribution in [3.63, 3.8) is 0 Å². The zero-order chi connectivity index (χ0) is 27.9. The number of fused-ring (bicyclic) bond motifs is 7. The van der Waals surface area contributed by atoms with E-state index in [1.807, 2.05) is 0 Å². The van der Waals surface area contributed by atoms with E-state index in [1.54, 1.807) is 38.9 Å². The standard InChI is InChI=1S/C28H30FN5O6/c1-38-24-4-2-18-12-25(24)40-17-21-16-34(31-30-21)10-11-39-23-5-3-20(29)13-22(23)27(36)33-9-7-28(37)6-8-32(26(18)35)14-19(28)15-33/h2-5,12-13,16,19,37H,6-11,14-15,17H2,1H3/t19-,28-/m1/s1. The largest absolute Gasteiger partial charge is 0.493 e. The summed E-state index contributed by atoms with van der Waals surface area (Å²) < 4.78 is 33.1. The molecule has 1 N–H and O–H groups in total. The van der Waals surface area contributed by atoms with Gasteiger partial charge in [0.2, 0.25) is 0 Å². The number of halogens is 1. The maximum atomic E-state index is 14.2. The topological polar surface area (TPSA) is 119 Å². The van der Waals surface area contributed by atoms with E-state index in [0.717, 1.165) is 0 Å². The normalized spacial score (nSPS) is 23.2. The number of benzene rings is 2. The molecule has 210 valence electrons. The van der Waals surface area contributed by atoms with Crippen molar-refractivity contribution in [1.29, 1.82) is 0 Å². The fraction of sp³-hybridized carbons (Fsp3) is 0.429. The molecule has 12 heteroatoms. The number of hydrogen-bond acceptors (Lipinski definition) is 8. The van der Waals surface area contributed by atoms with Crippen molar-refractivity contribution in [2.75, 3.05) is 39.9 Å². The predicted molar refractivity (Wildman–Crippen MR) is 139 cm³/mol. The van der Waals surface area contributed by atoms with E-state index >= 15 is 0 Å². The van der Waals surface area contributed by atoms with Gasteiger partial charge < -0.3 is 29.1 Å². The second kappa shape index (κ2) is 10.4. The average Bonchev–Trinajstić information content (AvgIpc) is 3.42. The minimum atomic E-state index is -0.992. The first-order chi connectivity index (χ1) is 19.3. The summed E-state index contributed by atoms with van der Waals surface area (Å²) in [4.78, 5) is 30.5. The highest BCUT2D eigenvalue weighted by molar-refractivity contribution is 5.97. The third-order valence-electron chi connectivity index (χ3n) is 7.97. The third-order valence-corrected chi connectivity index (χ3v) is 7.97. The number of aromatic nitrogens is 3. The molecule has 0 aliphatic carbocycles. The molecule has 40 heavy (non-hydrogen) atoms. The lowest BCUT2D eigenvalue weighted by Crippen LogP contribution is -2.61. The summed E-state index contributed by atoms with van der Waals surface area (Å²) in [6.45, 7) is 1.80. The first kappa shape index (κ1) is 26.1. The molecule has 6 rings (SSSR count). The lowest BCUT2D eigenvalue weighted by Gasteiger charge is -2.50. The number of carbonyl (C=O) groups excluding carboxylic acids is 2. The van der Waals surface area contributed by atoms with Crippen LogP contribution in [0.5, 0.6) is 17.2 Å². The van der Waals surface area contributed by atoms with Gasteiger partial charge in [0.25, 0.3) is 11.8 Å². The summed E-state index contributed by atoms with van der Waals surface area (Å²) in [5.41, 5.74) is 0.0995. The van der Waals surface area contributed by atoms with Gasteiger partial charge >= 0.3 is 0 Å². The molecule has 3 aliphatic rings. The molecule has 2 atom stereocenters. The quantitative estimate of drug-likeness (QED) is 0.489. The number of amides is 2. The van der Waals surface area contributed by atoms with E-state index in [2.05, 4.69) is 10.3 Å². The van der Waals surface area contributed by atoms with Gasteiger partial charge in [-0.15, -0.1) is 5.10 Å². The maximum Gasteiger partial charge on any atom is 0.257 e. The molecular weight excluding hydrogens is 521 g/mol. The predicted octanol–water partition coefficient (Wildman–Crippen LogP) is 2.14. The Bertz CT molecular complexity index is 1450. The fourth-order valence-corrected chi connectivity index (χ4v) is 5.66. The molecule has 0 saturated carbocycles. The van der Waals surface area contributed by atoms with Crippen molar-refractivity contribution in [3.8, 4) is 17.2 Å². The Morgan fingerprint density at radius 3 is 2.55 bits per heavy atom. The fourth-order valence-electron chi connectivity index (χ4n) is 5.66. The highest BCUT2D eigenvalue weighted by Crippen LogP contribution is 2.37. The lowest BCUT2D eigenvalue weighted by atomic mass is 9.75. The second-order valence-corrected chi connectivity index (χ2v) is 10.4. The van der Waals surface area contributed by atoms with Crippen molar-refractivity contribution < 1.29 is 33.3 Å². The van der Waals surface area contributed by atoms with Gasteiger partial charge in [-0.25, -0.2) is 9.07 Å². The number of rotatable bonds is 1. The highest BCUT2D eigenvalue weighted by Gasteiger charge is 2.47. The number of nitrogens with zero attached hydrogens (tertiary/aromatic N) is 5. The average molecular weight is 552 g/mol. The smallest absolute Gasteiger partial charge is 0.257 e. The molecule has 0 spiro atoms. The molecule has 4 heterocycles. The van der Waals surface area contributed by atoms with E-state index in [9.17, 15) is 19.1 Å². The number of carbonyl (C=O) groups is 2. The molecule has 3 aromatic rings. The van der Waals surface area contributed by atoms with Gasteiger partial charge in [-0.2, -0.15) is 0 Å². The monoisotopic (exact) mass is 551 g/mol. The van der Waals surface area contributed by atoms with E-state index in [0.29, 0.717) is 55.2 Å². The molecule has 11 nitrogen and oxygen atoms in total. The number of methoxy groups -OCH3 is 1. The molecule has 2 saturated heterocycles. The Morgan fingerprint density at radius 2 is 1.77 bits per heavy atom. The van der Waals surface area contributed by atoms with Crippen LogP contribution in [-0.2, 0) is 13.2 Å². The van der Waals surface area contributed by atoms with Crippen LogP contribution in [0, 0.1) is 11.7 Å². The Morgan fingerprint density at radius 1 is 1.00 bits per heavy atom. The number of ether oxygens (including phenoxy) is 3. The number of hydrogen-bond donors (Lipinski definition) is 1. The van der Waals surface area contributed by atoms with Crippen LogP contribution in [0.25, 0.3) is 0 Å². The van der Waals surface area contributed by atoms with Crippen molar-refractivity contribution >= 4 is 11.8 Å². The summed E-state index contributed by atoms with van der Waals surface area (Å²) in [7, 11) is 1.53.